The average molecular weight is 533 g/mol. The summed E-state index contributed by atoms with van der Waals surface area (Å²) in [6.45, 7) is 4.35. The molecule has 3 aromatic heterocycles. The Kier molecular flexibility index (Phi) is 18.3. The molecule has 4 aromatic rings. The van der Waals surface area contributed by atoms with Gasteiger partial charge in [0.15, 0.2) is 0 Å². The smallest absolute Gasteiger partial charge is 0.0496 e. The summed E-state index contributed by atoms with van der Waals surface area (Å²) in [6, 6.07) is 19.1. The maximum atomic E-state index is 11.9. The van der Waals surface area contributed by atoms with Crippen molar-refractivity contribution in [2.45, 2.75) is 20.3 Å². The van der Waals surface area contributed by atoms with E-state index in [9.17, 15) is 4.79 Å². The number of aromatic amines is 2. The molecule has 0 aliphatic carbocycles. The number of nitrogens with one attached hydrogen (secondary N) is 2. The standard InChI is InChI=1S/C12H18N2O2.C5H7N.C4H4N2.C3H4N2.H2Se/c1-4-16-14(13(2)3)12(15)10-11-8-6-5-7-9-11;1-5-3-2-4-6-5;1-2-4-6-5-3-1;1-2-4-5-3-1;/h5-9H,4,10H2,1-3H3;2-4,6H,1H3;1-4H;1-3H,(H,4,5);1H2. The number of aryl methyl sites for hydroxylation is 1. The van der Waals surface area contributed by atoms with Crippen molar-refractivity contribution in [3.05, 3.63) is 103 Å². The first-order valence-corrected chi connectivity index (χ1v) is 10.5. The van der Waals surface area contributed by atoms with E-state index in [-0.39, 0.29) is 23.0 Å². The number of hydrazine groups is 1. The number of carbonyl (C=O) groups excluding carboxylic acids is 1. The minimum absolute atomic E-state index is 0. The van der Waals surface area contributed by atoms with Gasteiger partial charge in [-0.1, -0.05) is 30.3 Å². The number of H-pyrrole nitrogens is 2. The van der Waals surface area contributed by atoms with Crippen LogP contribution in [0.3, 0.4) is 0 Å². The van der Waals surface area contributed by atoms with Gasteiger partial charge in [0, 0.05) is 50.8 Å². The van der Waals surface area contributed by atoms with E-state index < -0.39 is 0 Å². The number of amides is 1. The van der Waals surface area contributed by atoms with Crippen LogP contribution in [0.15, 0.2) is 91.6 Å². The molecule has 184 valence electrons. The monoisotopic (exact) mass is 533 g/mol. The molecule has 2 N–H and O–H groups in total. The van der Waals surface area contributed by atoms with Crippen molar-refractivity contribution in [1.29, 1.82) is 0 Å². The van der Waals surface area contributed by atoms with Crippen LogP contribution in [0, 0.1) is 6.92 Å². The Morgan fingerprint density at radius 2 is 1.59 bits per heavy atom. The second-order valence-electron chi connectivity index (χ2n) is 6.63. The van der Waals surface area contributed by atoms with Crippen molar-refractivity contribution in [1.82, 2.24) is 35.6 Å². The minimum Gasteiger partial charge on any atom is -0.286 e. The molecule has 0 spiro atoms. The molecule has 4 rings (SSSR count). The summed E-state index contributed by atoms with van der Waals surface area (Å²) in [4.78, 5) is 20.2. The van der Waals surface area contributed by atoms with Crippen molar-refractivity contribution >= 4 is 23.0 Å². The topological polar surface area (TPSA) is 103 Å². The zero-order valence-electron chi connectivity index (χ0n) is 20.1. The van der Waals surface area contributed by atoms with Crippen molar-refractivity contribution in [3.63, 3.8) is 0 Å². The third kappa shape index (κ3) is 15.5. The molecule has 1 amide bonds. The van der Waals surface area contributed by atoms with E-state index in [1.165, 1.54) is 10.9 Å². The van der Waals surface area contributed by atoms with Gasteiger partial charge in [0.05, 0.1) is 13.0 Å². The van der Waals surface area contributed by atoms with Crippen LogP contribution in [0.5, 0.6) is 0 Å². The zero-order chi connectivity index (χ0) is 24.2. The molecule has 3 heterocycles. The number of aromatic nitrogens is 5. The van der Waals surface area contributed by atoms with Gasteiger partial charge in [-0.25, -0.2) is 0 Å². The van der Waals surface area contributed by atoms with Crippen LogP contribution < -0.4 is 0 Å². The third-order valence-corrected chi connectivity index (χ3v) is 3.67. The molecule has 0 bridgehead atoms. The molecule has 0 atom stereocenters. The van der Waals surface area contributed by atoms with Gasteiger partial charge in [-0.3, -0.25) is 14.7 Å². The molecule has 34 heavy (non-hydrogen) atoms. The number of hydrogen-bond acceptors (Lipinski definition) is 6. The molecule has 9 nitrogen and oxygen atoms in total. The van der Waals surface area contributed by atoms with Crippen molar-refractivity contribution in [3.8, 4) is 0 Å². The van der Waals surface area contributed by atoms with E-state index in [1.54, 1.807) is 43.9 Å². The molecule has 0 saturated carbocycles. The molecule has 0 fully saturated rings. The summed E-state index contributed by atoms with van der Waals surface area (Å²) < 4.78 is 0. The largest absolute Gasteiger partial charge is 0.286 e. The van der Waals surface area contributed by atoms with E-state index in [0.29, 0.717) is 13.0 Å². The van der Waals surface area contributed by atoms with Gasteiger partial charge in [0.1, 0.15) is 0 Å². The molecule has 0 radical (unpaired) electrons. The van der Waals surface area contributed by atoms with Gasteiger partial charge >= 0.3 is 17.1 Å². The molecule has 0 saturated heterocycles. The number of carbonyl (C=O) groups is 1. The first-order chi connectivity index (χ1) is 16.0. The van der Waals surface area contributed by atoms with E-state index in [0.717, 1.165) is 5.56 Å². The molecule has 0 aliphatic heterocycles. The van der Waals surface area contributed by atoms with Crippen LogP contribution in [0.1, 0.15) is 18.2 Å². The van der Waals surface area contributed by atoms with E-state index in [4.69, 9.17) is 4.84 Å². The van der Waals surface area contributed by atoms with Crippen molar-refractivity contribution in [2.24, 2.45) is 0 Å². The van der Waals surface area contributed by atoms with Crippen molar-refractivity contribution in [2.75, 3.05) is 20.7 Å². The Morgan fingerprint density at radius 3 is 1.91 bits per heavy atom. The summed E-state index contributed by atoms with van der Waals surface area (Å²) in [5.41, 5.74) is 2.20. The van der Waals surface area contributed by atoms with Crippen LogP contribution in [-0.4, -0.2) is 79.2 Å². The Labute approximate surface area is 212 Å². The van der Waals surface area contributed by atoms with E-state index in [2.05, 4.69) is 25.4 Å². The molecule has 0 unspecified atom stereocenters. The minimum atomic E-state index is -0.0712. The summed E-state index contributed by atoms with van der Waals surface area (Å²) in [5, 5.41) is 16.2. The number of hydroxylamine groups is 1. The van der Waals surface area contributed by atoms with Gasteiger partial charge in [0.2, 0.25) is 0 Å². The molecular formula is C24H35N7O2Se. The fourth-order valence-electron chi connectivity index (χ4n) is 2.26. The summed E-state index contributed by atoms with van der Waals surface area (Å²) in [7, 11) is 3.55. The van der Waals surface area contributed by atoms with Crippen molar-refractivity contribution < 1.29 is 9.63 Å². The first-order valence-electron chi connectivity index (χ1n) is 10.5. The molecule has 1 aromatic carbocycles. The third-order valence-electron chi connectivity index (χ3n) is 3.67. The molecule has 10 heteroatoms. The summed E-state index contributed by atoms with van der Waals surface area (Å²) >= 11 is 0. The van der Waals surface area contributed by atoms with Crippen LogP contribution in [-0.2, 0) is 16.1 Å². The number of hydrogen-bond donors (Lipinski definition) is 2. The maximum absolute atomic E-state index is 11.9. The number of rotatable bonds is 5. The van der Waals surface area contributed by atoms with Crippen LogP contribution in [0.25, 0.3) is 0 Å². The first kappa shape index (κ1) is 30.7. The SMILES string of the molecule is CCON(C(=O)Cc1ccccc1)N(C)C.Cc1ccc[nH]1.[SeH2].c1ccnnc1.c1cn[nH]c1. The van der Waals surface area contributed by atoms with Crippen LogP contribution in [0.4, 0.5) is 0 Å². The molecular weight excluding hydrogens is 497 g/mol. The summed E-state index contributed by atoms with van der Waals surface area (Å²) in [5.74, 6) is -0.0712. The quantitative estimate of drug-likeness (QED) is 0.303. The predicted molar refractivity (Wildman–Crippen MR) is 137 cm³/mol. The van der Waals surface area contributed by atoms with Crippen LogP contribution in [0.2, 0.25) is 0 Å². The van der Waals surface area contributed by atoms with Gasteiger partial charge in [-0.2, -0.15) is 20.3 Å². The van der Waals surface area contributed by atoms with Gasteiger partial charge in [-0.15, -0.1) is 5.17 Å². The second kappa shape index (κ2) is 20.3. The Balaban J connectivity index is 0.000000492. The van der Waals surface area contributed by atoms with Gasteiger partial charge < -0.3 is 4.98 Å². The van der Waals surface area contributed by atoms with E-state index >= 15 is 0 Å². The Morgan fingerprint density at radius 1 is 0.912 bits per heavy atom. The predicted octanol–water partition coefficient (Wildman–Crippen LogP) is 2.78. The summed E-state index contributed by atoms with van der Waals surface area (Å²) in [6.07, 6.45) is 8.99. The Hall–Kier alpha value is -3.30. The second-order valence-corrected chi connectivity index (χ2v) is 6.63. The Bertz CT molecular complexity index is 879. The average Bonchev–Trinajstić information content (AvgIpc) is 3.57. The van der Waals surface area contributed by atoms with Gasteiger partial charge in [0.25, 0.3) is 5.91 Å². The fraction of sp³-hybridized carbons (Fsp3) is 0.250. The number of benzene rings is 1. The van der Waals surface area contributed by atoms with E-state index in [1.807, 2.05) is 80.7 Å². The molecule has 0 aliphatic rings. The number of nitrogens with zero attached hydrogens (tertiary/aromatic N) is 5. The maximum Gasteiger partial charge on any atom is 0.0496 e. The zero-order valence-corrected chi connectivity index (χ0v) is 22.2. The van der Waals surface area contributed by atoms with Gasteiger partial charge in [-0.05, 0) is 49.7 Å². The normalized spacial score (nSPS) is 9.09. The fourth-order valence-corrected chi connectivity index (χ4v) is 2.26. The van der Waals surface area contributed by atoms with Crippen LogP contribution >= 0.6 is 0 Å².